The average molecular weight is 351 g/mol. The van der Waals surface area contributed by atoms with Gasteiger partial charge in [0, 0.05) is 0 Å². The van der Waals surface area contributed by atoms with E-state index in [0.717, 1.165) is 6.26 Å². The Labute approximate surface area is 137 Å². The highest BCUT2D eigenvalue weighted by Crippen LogP contribution is 2.29. The topological polar surface area (TPSA) is 108 Å². The Kier molecular flexibility index (Phi) is 6.41. The van der Waals surface area contributed by atoms with Crippen molar-refractivity contribution in [2.75, 3.05) is 13.4 Å². The molecule has 0 bridgehead atoms. The number of hydrogen-bond donors (Lipinski definition) is 1. The first-order valence-electron chi connectivity index (χ1n) is 7.37. The Balaban J connectivity index is 2.79. The number of amides is 1. The van der Waals surface area contributed by atoms with Gasteiger partial charge in [-0.2, -0.15) is 8.42 Å². The van der Waals surface area contributed by atoms with E-state index in [0.29, 0.717) is 12.8 Å². The zero-order valence-corrected chi connectivity index (χ0v) is 14.9. The number of ether oxygens (including phenoxy) is 2. The first-order chi connectivity index (χ1) is 10.4. The molecule has 0 aromatic rings. The summed E-state index contributed by atoms with van der Waals surface area (Å²) in [6.07, 6.45) is 0.451. The summed E-state index contributed by atoms with van der Waals surface area (Å²) in [7, 11) is -2.45. The van der Waals surface area contributed by atoms with Crippen LogP contribution in [-0.4, -0.2) is 51.6 Å². The smallest absolute Gasteiger partial charge is 0.407 e. The second kappa shape index (κ2) is 7.48. The number of rotatable bonds is 4. The van der Waals surface area contributed by atoms with Crippen LogP contribution >= 0.6 is 0 Å². The third-order valence-corrected chi connectivity index (χ3v) is 3.92. The van der Waals surface area contributed by atoms with Gasteiger partial charge in [0.05, 0.1) is 31.4 Å². The van der Waals surface area contributed by atoms with Crippen LogP contribution in [-0.2, 0) is 28.6 Å². The Hall–Kier alpha value is -1.35. The number of esters is 1. The Morgan fingerprint density at radius 3 is 2.26 bits per heavy atom. The lowest BCUT2D eigenvalue weighted by Gasteiger charge is -2.34. The molecule has 1 fully saturated rings. The summed E-state index contributed by atoms with van der Waals surface area (Å²) < 4.78 is 37.8. The SMILES string of the molecule is COC(=O)[C@@H]1CC[C@H](NC(=O)OC(C)(C)C)[C@@H](OS(C)(=O)=O)C1. The van der Waals surface area contributed by atoms with E-state index in [-0.39, 0.29) is 6.42 Å². The lowest BCUT2D eigenvalue weighted by molar-refractivity contribution is -0.147. The normalized spacial score (nSPS) is 25.5. The molecule has 1 amide bonds. The fourth-order valence-electron chi connectivity index (χ4n) is 2.46. The molecule has 1 aliphatic rings. The van der Waals surface area contributed by atoms with Gasteiger partial charge in [0.2, 0.25) is 0 Å². The van der Waals surface area contributed by atoms with Crippen molar-refractivity contribution in [2.24, 2.45) is 5.92 Å². The molecule has 0 aliphatic heterocycles. The van der Waals surface area contributed by atoms with E-state index >= 15 is 0 Å². The molecule has 0 aromatic carbocycles. The van der Waals surface area contributed by atoms with Crippen LogP contribution in [0.5, 0.6) is 0 Å². The lowest BCUT2D eigenvalue weighted by Crippen LogP contribution is -2.50. The van der Waals surface area contributed by atoms with Gasteiger partial charge in [-0.15, -0.1) is 0 Å². The van der Waals surface area contributed by atoms with Crippen molar-refractivity contribution in [1.29, 1.82) is 0 Å². The molecule has 9 heteroatoms. The lowest BCUT2D eigenvalue weighted by atomic mass is 9.84. The molecule has 0 radical (unpaired) electrons. The number of methoxy groups -OCH3 is 1. The van der Waals surface area contributed by atoms with Crippen molar-refractivity contribution < 1.29 is 31.7 Å². The third-order valence-electron chi connectivity index (χ3n) is 3.33. The maximum Gasteiger partial charge on any atom is 0.407 e. The van der Waals surface area contributed by atoms with E-state index in [1.807, 2.05) is 0 Å². The molecule has 23 heavy (non-hydrogen) atoms. The highest BCUT2D eigenvalue weighted by Gasteiger charge is 2.38. The van der Waals surface area contributed by atoms with Crippen molar-refractivity contribution in [3.63, 3.8) is 0 Å². The molecule has 0 unspecified atom stereocenters. The van der Waals surface area contributed by atoms with Gasteiger partial charge in [0.15, 0.2) is 0 Å². The van der Waals surface area contributed by atoms with Gasteiger partial charge in [0.1, 0.15) is 5.60 Å². The molecular formula is C14H25NO7S. The number of alkyl carbamates (subject to hydrolysis) is 1. The van der Waals surface area contributed by atoms with Crippen LogP contribution in [0.25, 0.3) is 0 Å². The summed E-state index contributed by atoms with van der Waals surface area (Å²) in [6, 6.07) is -0.555. The van der Waals surface area contributed by atoms with E-state index in [1.54, 1.807) is 20.8 Å². The molecule has 3 atom stereocenters. The van der Waals surface area contributed by atoms with Gasteiger partial charge in [-0.1, -0.05) is 0 Å². The second-order valence-electron chi connectivity index (χ2n) is 6.62. The minimum Gasteiger partial charge on any atom is -0.469 e. The van der Waals surface area contributed by atoms with Crippen molar-refractivity contribution in [3.05, 3.63) is 0 Å². The van der Waals surface area contributed by atoms with Gasteiger partial charge in [0.25, 0.3) is 10.1 Å². The average Bonchev–Trinajstić information content (AvgIpc) is 2.36. The molecule has 0 heterocycles. The van der Waals surface area contributed by atoms with Gasteiger partial charge in [-0.3, -0.25) is 8.98 Å². The van der Waals surface area contributed by atoms with Gasteiger partial charge >= 0.3 is 12.1 Å². The third kappa shape index (κ3) is 7.17. The molecule has 0 aromatic heterocycles. The largest absolute Gasteiger partial charge is 0.469 e. The number of carbonyl (C=O) groups excluding carboxylic acids is 2. The predicted octanol–water partition coefficient (Wildman–Crippen LogP) is 1.20. The van der Waals surface area contributed by atoms with E-state index in [9.17, 15) is 18.0 Å². The van der Waals surface area contributed by atoms with E-state index < -0.39 is 45.8 Å². The van der Waals surface area contributed by atoms with Crippen molar-refractivity contribution in [2.45, 2.75) is 57.8 Å². The molecule has 1 saturated carbocycles. The van der Waals surface area contributed by atoms with E-state index in [2.05, 4.69) is 5.32 Å². The minimum absolute atomic E-state index is 0.153. The zero-order chi connectivity index (χ0) is 17.8. The number of carbonyl (C=O) groups is 2. The van der Waals surface area contributed by atoms with E-state index in [1.165, 1.54) is 7.11 Å². The van der Waals surface area contributed by atoms with Crippen LogP contribution in [0.3, 0.4) is 0 Å². The van der Waals surface area contributed by atoms with Crippen LogP contribution in [0.1, 0.15) is 40.0 Å². The van der Waals surface area contributed by atoms with E-state index in [4.69, 9.17) is 13.7 Å². The second-order valence-corrected chi connectivity index (χ2v) is 8.23. The Morgan fingerprint density at radius 2 is 1.78 bits per heavy atom. The standard InChI is InChI=1S/C14H25NO7S/c1-14(2,3)21-13(17)15-10-7-6-9(12(16)20-4)8-11(10)22-23(5,18)19/h9-11H,6-8H2,1-5H3,(H,15,17)/t9-,10+,11+/m1/s1. The summed E-state index contributed by atoms with van der Waals surface area (Å²) in [4.78, 5) is 23.5. The summed E-state index contributed by atoms with van der Waals surface area (Å²) in [5.41, 5.74) is -0.666. The van der Waals surface area contributed by atoms with Crippen LogP contribution in [0.4, 0.5) is 4.79 Å². The van der Waals surface area contributed by atoms with Gasteiger partial charge < -0.3 is 14.8 Å². The quantitative estimate of drug-likeness (QED) is 0.599. The van der Waals surface area contributed by atoms with Gasteiger partial charge in [-0.05, 0) is 40.0 Å². The monoisotopic (exact) mass is 351 g/mol. The fourth-order valence-corrected chi connectivity index (χ4v) is 3.13. The van der Waals surface area contributed by atoms with Crippen LogP contribution in [0.2, 0.25) is 0 Å². The molecule has 0 spiro atoms. The number of nitrogens with one attached hydrogen (secondary N) is 1. The predicted molar refractivity (Wildman–Crippen MR) is 82.2 cm³/mol. The van der Waals surface area contributed by atoms with Crippen LogP contribution in [0.15, 0.2) is 0 Å². The highest BCUT2D eigenvalue weighted by atomic mass is 32.2. The summed E-state index contributed by atoms with van der Waals surface area (Å²) >= 11 is 0. The Bertz CT molecular complexity index is 538. The number of hydrogen-bond acceptors (Lipinski definition) is 7. The molecule has 1 N–H and O–H groups in total. The fraction of sp³-hybridized carbons (Fsp3) is 0.857. The molecule has 8 nitrogen and oxygen atoms in total. The first kappa shape index (κ1) is 19.7. The molecular weight excluding hydrogens is 326 g/mol. The van der Waals surface area contributed by atoms with Crippen molar-refractivity contribution in [3.8, 4) is 0 Å². The molecule has 0 saturated heterocycles. The highest BCUT2D eigenvalue weighted by molar-refractivity contribution is 7.86. The summed E-state index contributed by atoms with van der Waals surface area (Å²) in [5.74, 6) is -0.869. The molecule has 134 valence electrons. The Morgan fingerprint density at radius 1 is 1.17 bits per heavy atom. The zero-order valence-electron chi connectivity index (χ0n) is 14.1. The maximum atomic E-state index is 11.9. The minimum atomic E-state index is -3.73. The molecule has 1 rings (SSSR count). The van der Waals surface area contributed by atoms with Gasteiger partial charge in [-0.25, -0.2) is 4.79 Å². The molecule has 1 aliphatic carbocycles. The van der Waals surface area contributed by atoms with Crippen LogP contribution < -0.4 is 5.32 Å². The maximum absolute atomic E-state index is 11.9. The summed E-state index contributed by atoms with van der Waals surface area (Å²) in [6.45, 7) is 5.18. The van der Waals surface area contributed by atoms with Crippen molar-refractivity contribution in [1.82, 2.24) is 5.32 Å². The summed E-state index contributed by atoms with van der Waals surface area (Å²) in [5, 5.41) is 2.62. The van der Waals surface area contributed by atoms with Crippen LogP contribution in [0, 0.1) is 5.92 Å². The van der Waals surface area contributed by atoms with Crippen molar-refractivity contribution >= 4 is 22.2 Å². The first-order valence-corrected chi connectivity index (χ1v) is 9.18.